The summed E-state index contributed by atoms with van der Waals surface area (Å²) in [5, 5.41) is 9.05. The van der Waals surface area contributed by atoms with Crippen molar-refractivity contribution in [1.29, 1.82) is 0 Å². The maximum atomic E-state index is 11.4. The van der Waals surface area contributed by atoms with Crippen LogP contribution < -0.4 is 5.73 Å². The summed E-state index contributed by atoms with van der Waals surface area (Å²) in [6.07, 6.45) is 4.10. The quantitative estimate of drug-likeness (QED) is 0.615. The molecule has 1 saturated heterocycles. The number of hydrogen-bond acceptors (Lipinski definition) is 5. The second-order valence-corrected chi connectivity index (χ2v) is 7.76. The van der Waals surface area contributed by atoms with Gasteiger partial charge in [0.05, 0.1) is 12.9 Å². The molecule has 19 heavy (non-hydrogen) atoms. The number of nitrogens with two attached hydrogens (primary N) is 1. The molecule has 0 aromatic heterocycles. The first-order valence-electron chi connectivity index (χ1n) is 6.82. The Morgan fingerprint density at radius 1 is 1.21 bits per heavy atom. The molecule has 0 bridgehead atoms. The summed E-state index contributed by atoms with van der Waals surface area (Å²) in [4.78, 5) is 2.29. The molecular weight excluding hydrogens is 266 g/mol. The monoisotopic (exact) mass is 293 g/mol. The van der Waals surface area contributed by atoms with E-state index in [9.17, 15) is 8.42 Å². The minimum Gasteiger partial charge on any atom is -0.394 e. The van der Waals surface area contributed by atoms with E-state index in [0.29, 0.717) is 13.1 Å². The van der Waals surface area contributed by atoms with Gasteiger partial charge in [-0.3, -0.25) is 0 Å². The molecule has 1 unspecified atom stereocenters. The second kappa shape index (κ2) is 6.99. The Bertz CT molecular complexity index is 362. The van der Waals surface area contributed by atoms with Gasteiger partial charge < -0.3 is 15.7 Å². The maximum Gasteiger partial charge on any atom is 0.211 e. The van der Waals surface area contributed by atoms with E-state index in [1.54, 1.807) is 0 Å². The predicted octanol–water partition coefficient (Wildman–Crippen LogP) is -0.556. The van der Waals surface area contributed by atoms with Crippen LogP contribution in [0.3, 0.4) is 0 Å². The molecule has 1 heterocycles. The number of aliphatic hydroxyl groups excluding tert-OH is 1. The molecule has 0 spiro atoms. The van der Waals surface area contributed by atoms with Gasteiger partial charge in [0.2, 0.25) is 10.0 Å². The Kier molecular flexibility index (Phi) is 6.19. The van der Waals surface area contributed by atoms with Crippen LogP contribution in [0.5, 0.6) is 0 Å². The van der Waals surface area contributed by atoms with Gasteiger partial charge in [0, 0.05) is 31.7 Å². The second-order valence-electron chi connectivity index (χ2n) is 5.77. The van der Waals surface area contributed by atoms with E-state index in [1.165, 1.54) is 10.6 Å². The van der Waals surface area contributed by atoms with Crippen LogP contribution in [0.15, 0.2) is 0 Å². The molecule has 114 valence electrons. The van der Waals surface area contributed by atoms with E-state index in [-0.39, 0.29) is 6.61 Å². The molecule has 0 aromatic rings. The fourth-order valence-corrected chi connectivity index (χ4v) is 3.05. The first kappa shape index (κ1) is 16.8. The first-order chi connectivity index (χ1) is 8.74. The van der Waals surface area contributed by atoms with E-state index < -0.39 is 15.6 Å². The van der Waals surface area contributed by atoms with E-state index in [1.807, 2.05) is 6.92 Å². The summed E-state index contributed by atoms with van der Waals surface area (Å²) in [5.74, 6) is 0. The average Bonchev–Trinajstić information content (AvgIpc) is 2.34. The van der Waals surface area contributed by atoms with Gasteiger partial charge in [-0.2, -0.15) is 4.31 Å². The number of rotatable bonds is 7. The summed E-state index contributed by atoms with van der Waals surface area (Å²) >= 11 is 0. The van der Waals surface area contributed by atoms with Crippen molar-refractivity contribution in [1.82, 2.24) is 9.21 Å². The minimum absolute atomic E-state index is 0.0139. The number of sulfonamides is 1. The summed E-state index contributed by atoms with van der Waals surface area (Å²) in [7, 11) is -3.03. The topological polar surface area (TPSA) is 86.9 Å². The van der Waals surface area contributed by atoms with Crippen molar-refractivity contribution in [3.05, 3.63) is 0 Å². The highest BCUT2D eigenvalue weighted by atomic mass is 32.2. The van der Waals surface area contributed by atoms with Crippen molar-refractivity contribution < 1.29 is 13.5 Å². The Morgan fingerprint density at radius 3 is 2.26 bits per heavy atom. The molecule has 1 atom stereocenters. The molecule has 3 N–H and O–H groups in total. The molecule has 0 radical (unpaired) electrons. The molecule has 0 saturated carbocycles. The van der Waals surface area contributed by atoms with Gasteiger partial charge in [-0.05, 0) is 26.3 Å². The smallest absolute Gasteiger partial charge is 0.211 e. The molecule has 7 heteroatoms. The molecule has 0 aromatic carbocycles. The van der Waals surface area contributed by atoms with Gasteiger partial charge in [0.1, 0.15) is 0 Å². The lowest BCUT2D eigenvalue weighted by atomic mass is 9.97. The number of unbranched alkanes of at least 4 members (excludes halogenated alkanes) is 1. The third-order valence-corrected chi connectivity index (χ3v) is 4.94. The highest BCUT2D eigenvalue weighted by Crippen LogP contribution is 2.11. The zero-order chi connectivity index (χ0) is 14.5. The van der Waals surface area contributed by atoms with Gasteiger partial charge in [-0.25, -0.2) is 8.42 Å². The van der Waals surface area contributed by atoms with Crippen molar-refractivity contribution in [2.75, 3.05) is 45.6 Å². The fraction of sp³-hybridized carbons (Fsp3) is 1.00. The van der Waals surface area contributed by atoms with Gasteiger partial charge >= 0.3 is 0 Å². The van der Waals surface area contributed by atoms with E-state index in [2.05, 4.69) is 4.90 Å². The zero-order valence-electron chi connectivity index (χ0n) is 12.0. The maximum absolute atomic E-state index is 11.4. The highest BCUT2D eigenvalue weighted by Gasteiger charge is 2.23. The van der Waals surface area contributed by atoms with Crippen molar-refractivity contribution >= 4 is 10.0 Å². The predicted molar refractivity (Wildman–Crippen MR) is 76.4 cm³/mol. The van der Waals surface area contributed by atoms with E-state index in [0.717, 1.165) is 38.9 Å². The van der Waals surface area contributed by atoms with Crippen LogP contribution >= 0.6 is 0 Å². The van der Waals surface area contributed by atoms with Crippen molar-refractivity contribution in [2.24, 2.45) is 5.73 Å². The van der Waals surface area contributed by atoms with Crippen LogP contribution in [0.1, 0.15) is 26.2 Å². The molecule has 1 aliphatic heterocycles. The Hall–Kier alpha value is -0.210. The minimum atomic E-state index is -3.03. The van der Waals surface area contributed by atoms with Crippen LogP contribution in [-0.4, -0.2) is 73.9 Å². The Labute approximate surface area is 116 Å². The lowest BCUT2D eigenvalue weighted by Crippen LogP contribution is -2.48. The van der Waals surface area contributed by atoms with Crippen molar-refractivity contribution in [2.45, 2.75) is 31.7 Å². The fourth-order valence-electron chi connectivity index (χ4n) is 2.23. The average molecular weight is 293 g/mol. The van der Waals surface area contributed by atoms with Crippen LogP contribution in [0.25, 0.3) is 0 Å². The van der Waals surface area contributed by atoms with Crippen molar-refractivity contribution in [3.63, 3.8) is 0 Å². The zero-order valence-corrected chi connectivity index (χ0v) is 12.8. The lowest BCUT2D eigenvalue weighted by Gasteiger charge is -2.33. The van der Waals surface area contributed by atoms with Crippen LogP contribution in [0, 0.1) is 0 Å². The van der Waals surface area contributed by atoms with Gasteiger partial charge in [-0.15, -0.1) is 0 Å². The third-order valence-electron chi connectivity index (χ3n) is 3.63. The third kappa shape index (κ3) is 6.18. The van der Waals surface area contributed by atoms with Crippen molar-refractivity contribution in [3.8, 4) is 0 Å². The standard InChI is InChI=1S/C12H27N3O3S/c1-12(13,11-16)5-3-4-6-14-7-9-15(10-8-14)19(2,17)18/h16H,3-11,13H2,1-2H3. The number of aliphatic hydroxyl groups is 1. The Balaban J connectivity index is 2.17. The van der Waals surface area contributed by atoms with Crippen LogP contribution in [0.4, 0.5) is 0 Å². The number of nitrogens with zero attached hydrogens (tertiary/aromatic N) is 2. The number of piperazine rings is 1. The molecule has 1 aliphatic rings. The largest absolute Gasteiger partial charge is 0.394 e. The lowest BCUT2D eigenvalue weighted by molar-refractivity contribution is 0.176. The first-order valence-corrected chi connectivity index (χ1v) is 8.67. The van der Waals surface area contributed by atoms with Gasteiger partial charge in [0.15, 0.2) is 0 Å². The summed E-state index contributed by atoms with van der Waals surface area (Å²) in [5.41, 5.74) is 5.39. The van der Waals surface area contributed by atoms with Gasteiger partial charge in [-0.1, -0.05) is 6.42 Å². The van der Waals surface area contributed by atoms with E-state index >= 15 is 0 Å². The summed E-state index contributed by atoms with van der Waals surface area (Å²) in [6.45, 7) is 5.62. The Morgan fingerprint density at radius 2 is 1.79 bits per heavy atom. The molecule has 1 rings (SSSR count). The normalized spacial score (nSPS) is 22.3. The highest BCUT2D eigenvalue weighted by molar-refractivity contribution is 7.88. The summed E-state index contributed by atoms with van der Waals surface area (Å²) < 4.78 is 24.3. The van der Waals surface area contributed by atoms with Crippen LogP contribution in [-0.2, 0) is 10.0 Å². The summed E-state index contributed by atoms with van der Waals surface area (Å²) in [6, 6.07) is 0. The molecule has 0 aliphatic carbocycles. The molecule has 1 fully saturated rings. The van der Waals surface area contributed by atoms with E-state index in [4.69, 9.17) is 10.8 Å². The molecule has 6 nitrogen and oxygen atoms in total. The SMILES string of the molecule is CC(N)(CO)CCCCN1CCN(S(C)(=O)=O)CC1. The van der Waals surface area contributed by atoms with Crippen LogP contribution in [0.2, 0.25) is 0 Å². The molecular formula is C12H27N3O3S. The molecule has 0 amide bonds. The van der Waals surface area contributed by atoms with Gasteiger partial charge in [0.25, 0.3) is 0 Å². The number of hydrogen-bond donors (Lipinski definition) is 2.